The number of rotatable bonds is 10. The van der Waals surface area contributed by atoms with Crippen molar-refractivity contribution >= 4 is 28.8 Å². The summed E-state index contributed by atoms with van der Waals surface area (Å²) >= 11 is 1.23. The molecule has 0 unspecified atom stereocenters. The molecule has 4 aromatic rings. The predicted octanol–water partition coefficient (Wildman–Crippen LogP) is 2.26. The minimum absolute atomic E-state index is 0.109. The Morgan fingerprint density at radius 2 is 1.66 bits per heavy atom. The molecule has 2 heterocycles. The lowest BCUT2D eigenvalue weighted by Gasteiger charge is -2.11. The number of hydrogen-bond acceptors (Lipinski definition) is 7. The van der Waals surface area contributed by atoms with Gasteiger partial charge in [0.1, 0.15) is 0 Å². The third kappa shape index (κ3) is 5.62. The van der Waals surface area contributed by atoms with Crippen LogP contribution in [0.2, 0.25) is 0 Å². The van der Waals surface area contributed by atoms with E-state index in [9.17, 15) is 14.4 Å². The van der Waals surface area contributed by atoms with Crippen molar-refractivity contribution in [1.29, 1.82) is 0 Å². The van der Waals surface area contributed by atoms with Gasteiger partial charge in [0.25, 0.3) is 5.56 Å². The van der Waals surface area contributed by atoms with Crippen molar-refractivity contribution in [3.63, 3.8) is 0 Å². The molecule has 0 aliphatic heterocycles. The molecule has 0 saturated heterocycles. The van der Waals surface area contributed by atoms with E-state index in [2.05, 4.69) is 10.3 Å². The second-order valence-corrected chi connectivity index (χ2v) is 9.86. The molecule has 11 heteroatoms. The van der Waals surface area contributed by atoms with Crippen LogP contribution in [-0.4, -0.2) is 51.1 Å². The predicted molar refractivity (Wildman–Crippen MR) is 147 cm³/mol. The van der Waals surface area contributed by atoms with Crippen LogP contribution in [-0.2, 0) is 31.9 Å². The number of nitrogens with zero attached hydrogens (tertiary/aromatic N) is 4. The van der Waals surface area contributed by atoms with Crippen molar-refractivity contribution in [3.8, 4) is 11.5 Å². The van der Waals surface area contributed by atoms with Crippen LogP contribution in [0.3, 0.4) is 0 Å². The Labute approximate surface area is 224 Å². The molecule has 0 fully saturated rings. The average molecular weight is 538 g/mol. The Kier molecular flexibility index (Phi) is 8.26. The molecule has 0 spiro atoms. The smallest absolute Gasteiger partial charge is 0.332 e. The van der Waals surface area contributed by atoms with E-state index in [4.69, 9.17) is 9.47 Å². The summed E-state index contributed by atoms with van der Waals surface area (Å²) in [6.45, 7) is 2.84. The quantitative estimate of drug-likeness (QED) is 0.309. The first kappa shape index (κ1) is 27.1. The van der Waals surface area contributed by atoms with E-state index < -0.39 is 11.2 Å². The third-order valence-electron chi connectivity index (χ3n) is 6.29. The van der Waals surface area contributed by atoms with E-state index in [-0.39, 0.29) is 11.7 Å². The summed E-state index contributed by atoms with van der Waals surface area (Å²) in [5.41, 5.74) is 2.86. The lowest BCUT2D eigenvalue weighted by atomic mass is 10.1. The molecular weight excluding hydrogens is 506 g/mol. The van der Waals surface area contributed by atoms with Crippen LogP contribution in [0.4, 0.5) is 0 Å². The number of thioether (sulfide) groups is 1. The topological polar surface area (TPSA) is 109 Å². The van der Waals surface area contributed by atoms with Gasteiger partial charge in [-0.15, -0.1) is 0 Å². The zero-order valence-electron chi connectivity index (χ0n) is 22.1. The van der Waals surface area contributed by atoms with Gasteiger partial charge in [-0.25, -0.2) is 9.78 Å². The number of ether oxygens (including phenoxy) is 2. The molecule has 1 amide bonds. The maximum atomic E-state index is 13.1. The standard InChI is InChI=1S/C27H31N5O5S/c1-17-6-8-19(9-7-17)15-32-23-24(30(2)27(35)31(3)25(23)34)29-26(32)38-16-22(33)28-13-12-18-10-11-20(36-4)21(14-18)37-5/h6-11,14H,12-13,15-16H2,1-5H3,(H,28,33). The van der Waals surface area contributed by atoms with Crippen LogP contribution in [0, 0.1) is 6.92 Å². The van der Waals surface area contributed by atoms with Crippen molar-refractivity contribution in [3.05, 3.63) is 80.0 Å². The van der Waals surface area contributed by atoms with E-state index in [1.807, 2.05) is 49.4 Å². The SMILES string of the molecule is COc1ccc(CCNC(=O)CSc2nc3c(c(=O)n(C)c(=O)n3C)n2Cc2ccc(C)cc2)cc1OC. The summed E-state index contributed by atoms with van der Waals surface area (Å²) in [5, 5.41) is 3.42. The van der Waals surface area contributed by atoms with E-state index in [1.54, 1.807) is 25.8 Å². The molecule has 200 valence electrons. The number of methoxy groups -OCH3 is 2. The number of aryl methyl sites for hydroxylation is 2. The van der Waals surface area contributed by atoms with Gasteiger partial charge in [0, 0.05) is 20.6 Å². The number of fused-ring (bicyclic) bond motifs is 1. The summed E-state index contributed by atoms with van der Waals surface area (Å²) in [6.07, 6.45) is 0.626. The molecule has 38 heavy (non-hydrogen) atoms. The number of carbonyl (C=O) groups excluding carboxylic acids is 1. The van der Waals surface area contributed by atoms with E-state index in [0.29, 0.717) is 47.3 Å². The van der Waals surface area contributed by atoms with Crippen LogP contribution >= 0.6 is 11.8 Å². The zero-order chi connectivity index (χ0) is 27.4. The zero-order valence-corrected chi connectivity index (χ0v) is 22.9. The largest absolute Gasteiger partial charge is 0.493 e. The highest BCUT2D eigenvalue weighted by molar-refractivity contribution is 7.99. The molecule has 2 aromatic heterocycles. The average Bonchev–Trinajstić information content (AvgIpc) is 3.28. The van der Waals surface area contributed by atoms with Gasteiger partial charge in [0.05, 0.1) is 26.5 Å². The van der Waals surface area contributed by atoms with Crippen molar-refractivity contribution in [2.45, 2.75) is 25.0 Å². The first-order valence-corrected chi connectivity index (χ1v) is 13.0. The molecule has 0 radical (unpaired) electrons. The van der Waals surface area contributed by atoms with Gasteiger partial charge in [0.2, 0.25) is 5.91 Å². The van der Waals surface area contributed by atoms with Gasteiger partial charge >= 0.3 is 5.69 Å². The van der Waals surface area contributed by atoms with Gasteiger partial charge in [-0.3, -0.25) is 18.7 Å². The van der Waals surface area contributed by atoms with Crippen molar-refractivity contribution < 1.29 is 14.3 Å². The maximum absolute atomic E-state index is 13.1. The molecule has 0 atom stereocenters. The van der Waals surface area contributed by atoms with Crippen LogP contribution < -0.4 is 26.0 Å². The van der Waals surface area contributed by atoms with E-state index in [1.165, 1.54) is 23.4 Å². The highest BCUT2D eigenvalue weighted by Gasteiger charge is 2.20. The Morgan fingerprint density at radius 1 is 0.974 bits per heavy atom. The third-order valence-corrected chi connectivity index (χ3v) is 7.27. The minimum atomic E-state index is -0.452. The monoisotopic (exact) mass is 537 g/mol. The van der Waals surface area contributed by atoms with Gasteiger partial charge in [-0.1, -0.05) is 47.7 Å². The summed E-state index contributed by atoms with van der Waals surface area (Å²) in [7, 11) is 6.21. The Hall–Kier alpha value is -3.99. The van der Waals surface area contributed by atoms with Crippen molar-refractivity contribution in [2.24, 2.45) is 14.1 Å². The molecule has 2 aromatic carbocycles. The van der Waals surface area contributed by atoms with Gasteiger partial charge < -0.3 is 19.4 Å². The highest BCUT2D eigenvalue weighted by atomic mass is 32.2. The normalized spacial score (nSPS) is 11.1. The number of imidazole rings is 1. The summed E-state index contributed by atoms with van der Waals surface area (Å²) in [6, 6.07) is 13.6. The molecule has 0 saturated carbocycles. The number of amides is 1. The van der Waals surface area contributed by atoms with E-state index in [0.717, 1.165) is 21.3 Å². The molecular formula is C27H31N5O5S. The first-order chi connectivity index (χ1) is 18.2. The second kappa shape index (κ2) is 11.6. The Bertz CT molecular complexity index is 1590. The number of benzene rings is 2. The lowest BCUT2D eigenvalue weighted by molar-refractivity contribution is -0.118. The van der Waals surface area contributed by atoms with Crippen LogP contribution in [0.15, 0.2) is 57.2 Å². The number of aromatic nitrogens is 4. The van der Waals surface area contributed by atoms with Gasteiger partial charge in [0.15, 0.2) is 27.8 Å². The summed E-state index contributed by atoms with van der Waals surface area (Å²) in [5.74, 6) is 1.24. The Morgan fingerprint density at radius 3 is 2.34 bits per heavy atom. The van der Waals surface area contributed by atoms with Crippen LogP contribution in [0.5, 0.6) is 11.5 Å². The van der Waals surface area contributed by atoms with Crippen LogP contribution in [0.25, 0.3) is 11.2 Å². The highest BCUT2D eigenvalue weighted by Crippen LogP contribution is 2.27. The fourth-order valence-corrected chi connectivity index (χ4v) is 4.95. The second-order valence-electron chi connectivity index (χ2n) is 8.92. The fourth-order valence-electron chi connectivity index (χ4n) is 4.12. The number of hydrogen-bond donors (Lipinski definition) is 1. The fraction of sp³-hybridized carbons (Fsp3) is 0.333. The van der Waals surface area contributed by atoms with Crippen molar-refractivity contribution in [2.75, 3.05) is 26.5 Å². The summed E-state index contributed by atoms with van der Waals surface area (Å²) in [4.78, 5) is 42.8. The molecule has 0 aliphatic rings. The van der Waals surface area contributed by atoms with E-state index >= 15 is 0 Å². The maximum Gasteiger partial charge on any atom is 0.332 e. The number of nitrogens with one attached hydrogen (secondary N) is 1. The Balaban J connectivity index is 1.51. The van der Waals surface area contributed by atoms with Gasteiger partial charge in [-0.2, -0.15) is 0 Å². The first-order valence-electron chi connectivity index (χ1n) is 12.1. The lowest BCUT2D eigenvalue weighted by Crippen LogP contribution is -2.37. The molecule has 0 bridgehead atoms. The van der Waals surface area contributed by atoms with Crippen LogP contribution in [0.1, 0.15) is 16.7 Å². The molecule has 1 N–H and O–H groups in total. The summed E-state index contributed by atoms with van der Waals surface area (Å²) < 4.78 is 14.8. The van der Waals surface area contributed by atoms with Gasteiger partial charge in [-0.05, 0) is 36.6 Å². The molecule has 10 nitrogen and oxygen atoms in total. The molecule has 0 aliphatic carbocycles. The van der Waals surface area contributed by atoms with Crippen molar-refractivity contribution in [1.82, 2.24) is 24.0 Å². The number of carbonyl (C=O) groups is 1. The minimum Gasteiger partial charge on any atom is -0.493 e. The molecule has 4 rings (SSSR count).